The molecule has 0 saturated carbocycles. The number of rotatable bonds is 8. The monoisotopic (exact) mass is 426 g/mol. The van der Waals surface area contributed by atoms with Crippen LogP contribution in [0, 0.1) is 0 Å². The topological polar surface area (TPSA) is 50.8 Å². The van der Waals surface area contributed by atoms with Crippen molar-refractivity contribution in [2.75, 3.05) is 31.6 Å². The second-order valence-corrected chi connectivity index (χ2v) is 7.72. The molecule has 0 aliphatic carbocycles. The van der Waals surface area contributed by atoms with Crippen molar-refractivity contribution in [2.24, 2.45) is 0 Å². The van der Waals surface area contributed by atoms with Gasteiger partial charge in [0.05, 0.1) is 6.61 Å². The van der Waals surface area contributed by atoms with E-state index in [0.29, 0.717) is 18.1 Å². The molecule has 160 valence electrons. The molecular formula is C24H30N2O3S. The third-order valence-corrected chi connectivity index (χ3v) is 5.63. The molecule has 6 heteroatoms. The first-order valence-corrected chi connectivity index (χ1v) is 11.1. The van der Waals surface area contributed by atoms with Gasteiger partial charge in [-0.2, -0.15) is 0 Å². The molecule has 1 aliphatic rings. The summed E-state index contributed by atoms with van der Waals surface area (Å²) in [7, 11) is 0. The van der Waals surface area contributed by atoms with Crippen LogP contribution in [0.3, 0.4) is 0 Å². The maximum Gasteiger partial charge on any atom is 0.262 e. The molecule has 0 radical (unpaired) electrons. The van der Waals surface area contributed by atoms with Gasteiger partial charge in [-0.3, -0.25) is 4.79 Å². The molecule has 1 heterocycles. The number of amides is 1. The number of ether oxygens (including phenoxy) is 2. The predicted molar refractivity (Wildman–Crippen MR) is 125 cm³/mol. The summed E-state index contributed by atoms with van der Waals surface area (Å²) in [6.07, 6.45) is 4.58. The zero-order chi connectivity index (χ0) is 21.3. The number of carbonyl (C=O) groups excluding carboxylic acids is 1. The number of thiocarbonyl (C=S) groups is 1. The van der Waals surface area contributed by atoms with E-state index in [-0.39, 0.29) is 12.5 Å². The lowest BCUT2D eigenvalue weighted by Crippen LogP contribution is -2.34. The van der Waals surface area contributed by atoms with Crippen LogP contribution in [0.15, 0.2) is 42.5 Å². The van der Waals surface area contributed by atoms with E-state index in [0.717, 1.165) is 35.7 Å². The number of aryl methyl sites for hydroxylation is 1. The van der Waals surface area contributed by atoms with Gasteiger partial charge in [-0.1, -0.05) is 31.3 Å². The lowest BCUT2D eigenvalue weighted by molar-refractivity contribution is -0.118. The number of hydrogen-bond acceptors (Lipinski definition) is 4. The summed E-state index contributed by atoms with van der Waals surface area (Å²) in [4.78, 5) is 15.4. The summed E-state index contributed by atoms with van der Waals surface area (Å²) in [5, 5.41) is 2.86. The Labute approximate surface area is 184 Å². The number of benzene rings is 2. The Hall–Kier alpha value is -2.60. The fraction of sp³-hybridized carbons (Fsp3) is 0.417. The molecule has 30 heavy (non-hydrogen) atoms. The molecule has 5 nitrogen and oxygen atoms in total. The number of carbonyl (C=O) groups is 1. The first kappa shape index (κ1) is 22.1. The number of nitrogens with one attached hydrogen (secondary N) is 1. The molecule has 2 aromatic carbocycles. The number of anilines is 1. The maximum absolute atomic E-state index is 12.3. The van der Waals surface area contributed by atoms with Crippen molar-refractivity contribution < 1.29 is 14.3 Å². The van der Waals surface area contributed by atoms with Gasteiger partial charge in [0.15, 0.2) is 18.1 Å². The van der Waals surface area contributed by atoms with Crippen LogP contribution in [-0.2, 0) is 11.2 Å². The van der Waals surface area contributed by atoms with Gasteiger partial charge in [0.2, 0.25) is 0 Å². The molecule has 3 rings (SSSR count). The molecule has 0 spiro atoms. The zero-order valence-electron chi connectivity index (χ0n) is 17.8. The molecule has 0 aromatic heterocycles. The molecule has 0 bridgehead atoms. The van der Waals surface area contributed by atoms with Gasteiger partial charge < -0.3 is 19.7 Å². The first-order chi connectivity index (χ1) is 14.6. The normalized spacial score (nSPS) is 13.6. The van der Waals surface area contributed by atoms with Crippen molar-refractivity contribution >= 4 is 28.8 Å². The zero-order valence-corrected chi connectivity index (χ0v) is 18.6. The molecule has 1 N–H and O–H groups in total. The Morgan fingerprint density at radius 3 is 2.40 bits per heavy atom. The summed E-state index contributed by atoms with van der Waals surface area (Å²) in [5.74, 6) is 0.933. The number of hydrogen-bond donors (Lipinski definition) is 1. The highest BCUT2D eigenvalue weighted by molar-refractivity contribution is 7.80. The van der Waals surface area contributed by atoms with Gasteiger partial charge in [0.1, 0.15) is 4.99 Å². The van der Waals surface area contributed by atoms with Crippen LogP contribution in [0.5, 0.6) is 11.5 Å². The van der Waals surface area contributed by atoms with E-state index < -0.39 is 0 Å². The van der Waals surface area contributed by atoms with Crippen molar-refractivity contribution in [3.8, 4) is 11.5 Å². The third-order valence-electron chi connectivity index (χ3n) is 5.14. The largest absolute Gasteiger partial charge is 0.490 e. The predicted octanol–water partition coefficient (Wildman–Crippen LogP) is 4.83. The standard InChI is InChI=1S/C24H30N2O3S/c1-3-18-8-11-20(12-9-18)25-23(27)17-29-21-13-10-19(16-22(21)28-4-2)24(30)26-14-6-5-7-15-26/h8-13,16H,3-7,14-15,17H2,1-2H3,(H,25,27). The van der Waals surface area contributed by atoms with E-state index in [9.17, 15) is 4.79 Å². The van der Waals surface area contributed by atoms with Crippen molar-refractivity contribution in [2.45, 2.75) is 39.5 Å². The van der Waals surface area contributed by atoms with E-state index in [1.165, 1.54) is 24.8 Å². The Balaban J connectivity index is 1.62. The van der Waals surface area contributed by atoms with E-state index in [1.807, 2.05) is 49.4 Å². The van der Waals surface area contributed by atoms with Crippen molar-refractivity contribution in [1.29, 1.82) is 0 Å². The minimum absolute atomic E-state index is 0.0917. The van der Waals surface area contributed by atoms with E-state index >= 15 is 0 Å². The summed E-state index contributed by atoms with van der Waals surface area (Å²) in [6.45, 7) is 6.44. The summed E-state index contributed by atoms with van der Waals surface area (Å²) >= 11 is 5.69. The van der Waals surface area contributed by atoms with Crippen LogP contribution in [0.1, 0.15) is 44.2 Å². The van der Waals surface area contributed by atoms with Gasteiger partial charge in [0, 0.05) is 24.3 Å². The van der Waals surface area contributed by atoms with Gasteiger partial charge in [-0.05, 0) is 68.5 Å². The Bertz CT molecular complexity index is 861. The number of likely N-dealkylation sites (tertiary alicyclic amines) is 1. The highest BCUT2D eigenvalue weighted by Crippen LogP contribution is 2.30. The fourth-order valence-corrected chi connectivity index (χ4v) is 3.78. The summed E-state index contributed by atoms with van der Waals surface area (Å²) < 4.78 is 11.5. The molecule has 0 unspecified atom stereocenters. The molecule has 1 amide bonds. The third kappa shape index (κ3) is 5.95. The van der Waals surface area contributed by atoms with Crippen LogP contribution >= 0.6 is 12.2 Å². The maximum atomic E-state index is 12.3. The minimum Gasteiger partial charge on any atom is -0.490 e. The smallest absolute Gasteiger partial charge is 0.262 e. The van der Waals surface area contributed by atoms with E-state index in [2.05, 4.69) is 17.1 Å². The van der Waals surface area contributed by atoms with Gasteiger partial charge in [-0.15, -0.1) is 0 Å². The van der Waals surface area contributed by atoms with Crippen molar-refractivity contribution in [1.82, 2.24) is 4.90 Å². The highest BCUT2D eigenvalue weighted by Gasteiger charge is 2.17. The lowest BCUT2D eigenvalue weighted by atomic mass is 10.1. The van der Waals surface area contributed by atoms with E-state index in [4.69, 9.17) is 21.7 Å². The number of piperidine rings is 1. The summed E-state index contributed by atoms with van der Waals surface area (Å²) in [5.41, 5.74) is 2.93. The van der Waals surface area contributed by atoms with Crippen LogP contribution in [0.2, 0.25) is 0 Å². The number of nitrogens with zero attached hydrogens (tertiary/aromatic N) is 1. The molecule has 2 aromatic rings. The average molecular weight is 427 g/mol. The van der Waals surface area contributed by atoms with Gasteiger partial charge in [-0.25, -0.2) is 0 Å². The Kier molecular flexibility index (Phi) is 8.08. The van der Waals surface area contributed by atoms with Crippen LogP contribution in [0.4, 0.5) is 5.69 Å². The van der Waals surface area contributed by atoms with E-state index in [1.54, 1.807) is 0 Å². The molecule has 1 fully saturated rings. The molecule has 1 aliphatic heterocycles. The first-order valence-electron chi connectivity index (χ1n) is 10.7. The molecular weight excluding hydrogens is 396 g/mol. The van der Waals surface area contributed by atoms with Crippen LogP contribution < -0.4 is 14.8 Å². The molecule has 1 saturated heterocycles. The van der Waals surface area contributed by atoms with Crippen molar-refractivity contribution in [3.05, 3.63) is 53.6 Å². The Morgan fingerprint density at radius 2 is 1.73 bits per heavy atom. The second kappa shape index (κ2) is 11.0. The van der Waals surface area contributed by atoms with Gasteiger partial charge >= 0.3 is 0 Å². The SMILES string of the molecule is CCOc1cc(C(=S)N2CCCCC2)ccc1OCC(=O)Nc1ccc(CC)cc1. The molecule has 0 atom stereocenters. The van der Waals surface area contributed by atoms with Crippen LogP contribution in [0.25, 0.3) is 0 Å². The average Bonchev–Trinajstić information content (AvgIpc) is 2.79. The quantitative estimate of drug-likeness (QED) is 0.613. The second-order valence-electron chi connectivity index (χ2n) is 7.33. The Morgan fingerprint density at radius 1 is 1.00 bits per heavy atom. The van der Waals surface area contributed by atoms with Crippen LogP contribution in [-0.4, -0.2) is 42.1 Å². The highest BCUT2D eigenvalue weighted by atomic mass is 32.1. The lowest BCUT2D eigenvalue weighted by Gasteiger charge is -2.29. The van der Waals surface area contributed by atoms with Crippen molar-refractivity contribution in [3.63, 3.8) is 0 Å². The van der Waals surface area contributed by atoms with Gasteiger partial charge in [0.25, 0.3) is 5.91 Å². The minimum atomic E-state index is -0.213. The fourth-order valence-electron chi connectivity index (χ4n) is 3.47. The summed E-state index contributed by atoms with van der Waals surface area (Å²) in [6, 6.07) is 13.5.